The maximum Gasteiger partial charge on any atom is 0.237 e. The normalized spacial score (nSPS) is 12.6. The molecule has 17 heavy (non-hydrogen) atoms. The van der Waals surface area contributed by atoms with Crippen LogP contribution in [0.1, 0.15) is 12.7 Å². The van der Waals surface area contributed by atoms with Crippen molar-refractivity contribution in [3.63, 3.8) is 0 Å². The van der Waals surface area contributed by atoms with Crippen molar-refractivity contribution < 1.29 is 9.18 Å². The number of rotatable bonds is 3. The summed E-state index contributed by atoms with van der Waals surface area (Å²) >= 11 is 0. The molecule has 1 atom stereocenters. The second-order valence-corrected chi connectivity index (χ2v) is 3.85. The molecule has 2 rings (SSSR count). The molecular weight excluding hydrogens is 223 g/mol. The first-order valence-corrected chi connectivity index (χ1v) is 5.23. The number of aromatic nitrogens is 2. The smallest absolute Gasteiger partial charge is 0.237 e. The zero-order valence-electron chi connectivity index (χ0n) is 9.33. The summed E-state index contributed by atoms with van der Waals surface area (Å²) in [6.07, 6.45) is 0. The van der Waals surface area contributed by atoms with Gasteiger partial charge in [0.25, 0.3) is 0 Å². The van der Waals surface area contributed by atoms with Crippen molar-refractivity contribution >= 4 is 16.9 Å². The van der Waals surface area contributed by atoms with Crippen LogP contribution in [0, 0.1) is 5.82 Å². The van der Waals surface area contributed by atoms with E-state index in [0.29, 0.717) is 16.9 Å². The molecule has 0 spiro atoms. The van der Waals surface area contributed by atoms with Crippen LogP contribution < -0.4 is 11.1 Å². The topological polar surface area (TPSA) is 83.8 Å². The molecule has 0 aliphatic rings. The molecule has 1 aromatic carbocycles. The van der Waals surface area contributed by atoms with Gasteiger partial charge in [-0.3, -0.25) is 4.79 Å². The number of halogens is 1. The zero-order valence-corrected chi connectivity index (χ0v) is 9.33. The lowest BCUT2D eigenvalue weighted by Gasteiger charge is -2.05. The summed E-state index contributed by atoms with van der Waals surface area (Å²) in [4.78, 5) is 18.4. The largest absolute Gasteiger partial charge is 0.348 e. The molecule has 1 aromatic heterocycles. The number of benzene rings is 1. The SMILES string of the molecule is C[C@@H](N)C(=O)NCc1nc2ccc(F)cc2[nH]1. The Balaban J connectivity index is 2.12. The predicted molar refractivity (Wildman–Crippen MR) is 61.5 cm³/mol. The van der Waals surface area contributed by atoms with Gasteiger partial charge in [-0.15, -0.1) is 0 Å². The zero-order chi connectivity index (χ0) is 12.4. The molecule has 1 heterocycles. The summed E-state index contributed by atoms with van der Waals surface area (Å²) in [5, 5.41) is 2.62. The van der Waals surface area contributed by atoms with Crippen LogP contribution in [0.2, 0.25) is 0 Å². The molecule has 0 radical (unpaired) electrons. The number of hydrogen-bond acceptors (Lipinski definition) is 3. The number of hydrogen-bond donors (Lipinski definition) is 3. The number of nitrogens with one attached hydrogen (secondary N) is 2. The van der Waals surface area contributed by atoms with Crippen LogP contribution >= 0.6 is 0 Å². The summed E-state index contributed by atoms with van der Waals surface area (Å²) < 4.78 is 12.9. The van der Waals surface area contributed by atoms with E-state index in [2.05, 4.69) is 15.3 Å². The molecule has 2 aromatic rings. The van der Waals surface area contributed by atoms with Gasteiger partial charge >= 0.3 is 0 Å². The van der Waals surface area contributed by atoms with E-state index in [9.17, 15) is 9.18 Å². The molecule has 6 heteroatoms. The fourth-order valence-electron chi connectivity index (χ4n) is 1.45. The standard InChI is InChI=1S/C11H13FN4O/c1-6(13)11(17)14-5-10-15-8-3-2-7(12)4-9(8)16-10/h2-4,6H,5,13H2,1H3,(H,14,17)(H,15,16)/t6-/m1/s1. The molecule has 0 bridgehead atoms. The quantitative estimate of drug-likeness (QED) is 0.732. The first-order chi connectivity index (χ1) is 8.06. The van der Waals surface area contributed by atoms with Crippen LogP contribution in [0.25, 0.3) is 11.0 Å². The third-order valence-corrected chi connectivity index (χ3v) is 2.34. The van der Waals surface area contributed by atoms with Crippen molar-refractivity contribution in [1.29, 1.82) is 0 Å². The van der Waals surface area contributed by atoms with E-state index in [0.717, 1.165) is 0 Å². The van der Waals surface area contributed by atoms with Crippen molar-refractivity contribution in [3.8, 4) is 0 Å². The minimum absolute atomic E-state index is 0.247. The number of nitrogens with two attached hydrogens (primary N) is 1. The minimum Gasteiger partial charge on any atom is -0.348 e. The molecule has 0 aliphatic heterocycles. The molecule has 5 nitrogen and oxygen atoms in total. The third kappa shape index (κ3) is 2.59. The van der Waals surface area contributed by atoms with Crippen LogP contribution in [0.4, 0.5) is 4.39 Å². The highest BCUT2D eigenvalue weighted by atomic mass is 19.1. The van der Waals surface area contributed by atoms with Crippen LogP contribution in [-0.4, -0.2) is 21.9 Å². The van der Waals surface area contributed by atoms with Crippen molar-refractivity contribution in [2.75, 3.05) is 0 Å². The van der Waals surface area contributed by atoms with Gasteiger partial charge in [-0.2, -0.15) is 0 Å². The average Bonchev–Trinajstić information content (AvgIpc) is 2.67. The number of H-pyrrole nitrogens is 1. The number of nitrogens with zero attached hydrogens (tertiary/aromatic N) is 1. The number of carbonyl (C=O) groups excluding carboxylic acids is 1. The summed E-state index contributed by atoms with van der Waals surface area (Å²) in [5.41, 5.74) is 6.67. The van der Waals surface area contributed by atoms with Crippen LogP contribution in [-0.2, 0) is 11.3 Å². The Morgan fingerprint density at radius 3 is 3.12 bits per heavy atom. The lowest BCUT2D eigenvalue weighted by molar-refractivity contribution is -0.122. The first-order valence-electron chi connectivity index (χ1n) is 5.23. The van der Waals surface area contributed by atoms with Gasteiger partial charge in [0.1, 0.15) is 11.6 Å². The molecule has 0 fully saturated rings. The summed E-state index contributed by atoms with van der Waals surface area (Å²) in [5.74, 6) is -0.0106. The molecule has 1 amide bonds. The van der Waals surface area contributed by atoms with Crippen molar-refractivity contribution in [1.82, 2.24) is 15.3 Å². The lowest BCUT2D eigenvalue weighted by Crippen LogP contribution is -2.38. The Morgan fingerprint density at radius 1 is 1.65 bits per heavy atom. The Morgan fingerprint density at radius 2 is 2.41 bits per heavy atom. The van der Waals surface area contributed by atoms with E-state index < -0.39 is 6.04 Å². The maximum absolute atomic E-state index is 12.9. The second kappa shape index (κ2) is 4.50. The number of carbonyl (C=O) groups is 1. The minimum atomic E-state index is -0.558. The summed E-state index contributed by atoms with van der Waals surface area (Å²) in [6, 6.07) is 3.72. The van der Waals surface area contributed by atoms with Gasteiger partial charge in [0.05, 0.1) is 23.6 Å². The predicted octanol–water partition coefficient (Wildman–Crippen LogP) is 0.665. The molecule has 0 unspecified atom stereocenters. The second-order valence-electron chi connectivity index (χ2n) is 3.85. The number of imidazole rings is 1. The Bertz CT molecular complexity index is 549. The summed E-state index contributed by atoms with van der Waals surface area (Å²) in [6.45, 7) is 1.85. The van der Waals surface area contributed by atoms with Crippen LogP contribution in [0.5, 0.6) is 0 Å². The first kappa shape index (κ1) is 11.5. The average molecular weight is 236 g/mol. The number of aromatic amines is 1. The van der Waals surface area contributed by atoms with Gasteiger partial charge < -0.3 is 16.0 Å². The maximum atomic E-state index is 12.9. The Kier molecular flexibility index (Phi) is 3.06. The highest BCUT2D eigenvalue weighted by Gasteiger charge is 2.08. The molecule has 4 N–H and O–H groups in total. The van der Waals surface area contributed by atoms with Gasteiger partial charge in [-0.1, -0.05) is 0 Å². The molecule has 0 saturated carbocycles. The number of fused-ring (bicyclic) bond motifs is 1. The van der Waals surface area contributed by atoms with Crippen molar-refractivity contribution in [2.45, 2.75) is 19.5 Å². The Hall–Kier alpha value is -1.95. The van der Waals surface area contributed by atoms with Crippen LogP contribution in [0.3, 0.4) is 0 Å². The highest BCUT2D eigenvalue weighted by Crippen LogP contribution is 2.12. The van der Waals surface area contributed by atoms with Crippen molar-refractivity contribution in [3.05, 3.63) is 29.8 Å². The van der Waals surface area contributed by atoms with E-state index in [1.807, 2.05) is 0 Å². The van der Waals surface area contributed by atoms with Crippen molar-refractivity contribution in [2.24, 2.45) is 5.73 Å². The van der Waals surface area contributed by atoms with Crippen LogP contribution in [0.15, 0.2) is 18.2 Å². The van der Waals surface area contributed by atoms with E-state index in [1.165, 1.54) is 12.1 Å². The van der Waals surface area contributed by atoms with Gasteiger partial charge in [-0.05, 0) is 25.1 Å². The van der Waals surface area contributed by atoms with Gasteiger partial charge in [0.2, 0.25) is 5.91 Å². The monoisotopic (exact) mass is 236 g/mol. The molecule has 0 saturated heterocycles. The van der Waals surface area contributed by atoms with E-state index in [1.54, 1.807) is 13.0 Å². The summed E-state index contributed by atoms with van der Waals surface area (Å²) in [7, 11) is 0. The van der Waals surface area contributed by atoms with Gasteiger partial charge in [-0.25, -0.2) is 9.37 Å². The van der Waals surface area contributed by atoms with E-state index in [-0.39, 0.29) is 18.3 Å². The van der Waals surface area contributed by atoms with Gasteiger partial charge in [0, 0.05) is 0 Å². The molecule has 0 aliphatic carbocycles. The van der Waals surface area contributed by atoms with Gasteiger partial charge in [0.15, 0.2) is 0 Å². The lowest BCUT2D eigenvalue weighted by atomic mass is 10.3. The molecular formula is C11H13FN4O. The van der Waals surface area contributed by atoms with E-state index >= 15 is 0 Å². The fourth-order valence-corrected chi connectivity index (χ4v) is 1.45. The molecule has 90 valence electrons. The Labute approximate surface area is 97.2 Å². The highest BCUT2D eigenvalue weighted by molar-refractivity contribution is 5.81. The number of amides is 1. The third-order valence-electron chi connectivity index (χ3n) is 2.34. The fraction of sp³-hybridized carbons (Fsp3) is 0.273. The van der Waals surface area contributed by atoms with E-state index in [4.69, 9.17) is 5.73 Å².